The number of piperidine rings is 1. The minimum atomic E-state index is -3.73. The number of fused-ring (bicyclic) bond motifs is 2. The van der Waals surface area contributed by atoms with Crippen LogP contribution in [0.15, 0.2) is 42.1 Å². The highest BCUT2D eigenvalue weighted by Crippen LogP contribution is 2.70. The van der Waals surface area contributed by atoms with Crippen molar-refractivity contribution in [3.8, 4) is 0 Å². The zero-order valence-electron chi connectivity index (χ0n) is 30.4. The topological polar surface area (TPSA) is 93.2 Å². The van der Waals surface area contributed by atoms with E-state index in [0.29, 0.717) is 54.8 Å². The number of sulfonamides is 1. The minimum absolute atomic E-state index is 0.0739. The second kappa shape index (κ2) is 12.9. The maximum Gasteiger partial charge on any atom is 0.414 e. The lowest BCUT2D eigenvalue weighted by Crippen LogP contribution is -2.55. The molecular formula is C38H58N2O6SSi. The molecule has 1 aromatic carbocycles. The molecule has 2 bridgehead atoms. The molecule has 1 spiro atoms. The first-order valence-electron chi connectivity index (χ1n) is 18.5. The van der Waals surface area contributed by atoms with Crippen LogP contribution in [0.3, 0.4) is 0 Å². The predicted octanol–water partition coefficient (Wildman–Crippen LogP) is 8.26. The normalized spacial score (nSPS) is 32.1. The first-order valence-corrected chi connectivity index (χ1v) is 22.2. The highest BCUT2D eigenvalue weighted by atomic mass is 32.2. The van der Waals surface area contributed by atoms with E-state index in [9.17, 15) is 18.0 Å². The minimum Gasteiger partial charge on any atom is -0.444 e. The third-order valence-electron chi connectivity index (χ3n) is 13.7. The Kier molecular flexibility index (Phi) is 9.55. The maximum absolute atomic E-state index is 14.6. The van der Waals surface area contributed by atoms with E-state index in [1.165, 1.54) is 4.31 Å². The fraction of sp³-hybridized carbons (Fsp3) is 0.737. The van der Waals surface area contributed by atoms with Crippen molar-refractivity contribution in [2.24, 2.45) is 28.6 Å². The molecule has 6 rings (SSSR count). The number of benzene rings is 1. The predicted molar refractivity (Wildman–Crippen MR) is 191 cm³/mol. The summed E-state index contributed by atoms with van der Waals surface area (Å²) in [6, 6.07) is 9.20. The summed E-state index contributed by atoms with van der Waals surface area (Å²) in [7, 11) is -5.95. The van der Waals surface area contributed by atoms with Gasteiger partial charge >= 0.3 is 6.09 Å². The zero-order chi connectivity index (χ0) is 34.8. The Bertz CT molecular complexity index is 1500. The van der Waals surface area contributed by atoms with E-state index in [-0.39, 0.29) is 47.1 Å². The second-order valence-corrected chi connectivity index (χ2v) is 24.3. The Labute approximate surface area is 290 Å². The van der Waals surface area contributed by atoms with Gasteiger partial charge in [0, 0.05) is 22.9 Å². The number of carbonyl (C=O) groups is 2. The Hall–Kier alpha value is -2.17. The molecule has 1 aromatic rings. The number of ether oxygens (including phenoxy) is 1. The molecular weight excluding hydrogens is 641 g/mol. The van der Waals surface area contributed by atoms with Gasteiger partial charge in [0.05, 0.1) is 24.4 Å². The van der Waals surface area contributed by atoms with Crippen LogP contribution in [-0.2, 0) is 30.6 Å². The highest BCUT2D eigenvalue weighted by Gasteiger charge is 2.72. The van der Waals surface area contributed by atoms with Crippen molar-refractivity contribution in [1.82, 2.24) is 9.21 Å². The smallest absolute Gasteiger partial charge is 0.414 e. The van der Waals surface area contributed by atoms with Gasteiger partial charge in [-0.3, -0.25) is 9.69 Å². The zero-order valence-corrected chi connectivity index (χ0v) is 32.2. The quantitative estimate of drug-likeness (QED) is 0.241. The SMILES string of the molecule is CC(C)[Si](OC[C@H]1CC[C@H]2C(=CCC[C@@H]2C(=O)N2[C@@H]3C[C@H]4CC[C@]3(CS2(=O)=O)C4(C)C)N1C(=O)OCc1ccccc1)(C(C)C)C(C)C. The Morgan fingerprint density at radius 2 is 1.62 bits per heavy atom. The molecule has 266 valence electrons. The van der Waals surface area contributed by atoms with Crippen LogP contribution in [-0.4, -0.2) is 62.4 Å². The number of carbonyl (C=O) groups excluding carboxylic acids is 2. The molecule has 6 atom stereocenters. The molecule has 5 aliphatic rings. The number of hydrogen-bond donors (Lipinski definition) is 0. The van der Waals surface area contributed by atoms with Gasteiger partial charge in [-0.15, -0.1) is 0 Å². The molecule has 0 unspecified atom stereocenters. The third kappa shape index (κ3) is 5.51. The van der Waals surface area contributed by atoms with Crippen LogP contribution in [0.5, 0.6) is 0 Å². The lowest BCUT2D eigenvalue weighted by Gasteiger charge is -2.48. The summed E-state index contributed by atoms with van der Waals surface area (Å²) in [5.41, 5.74) is 2.48. The van der Waals surface area contributed by atoms with E-state index in [1.807, 2.05) is 30.3 Å². The number of allylic oxidation sites excluding steroid dienone is 2. The van der Waals surface area contributed by atoms with Gasteiger partial charge in [-0.05, 0) is 78.5 Å². The van der Waals surface area contributed by atoms with Crippen LogP contribution >= 0.6 is 0 Å². The van der Waals surface area contributed by atoms with E-state index in [2.05, 4.69) is 61.5 Å². The van der Waals surface area contributed by atoms with Gasteiger partial charge in [-0.1, -0.05) is 91.8 Å². The first kappa shape index (κ1) is 35.6. The van der Waals surface area contributed by atoms with Crippen molar-refractivity contribution >= 4 is 30.3 Å². The van der Waals surface area contributed by atoms with Gasteiger partial charge in [0.2, 0.25) is 15.9 Å². The Balaban J connectivity index is 1.28. The fourth-order valence-corrected chi connectivity index (χ4v) is 19.4. The van der Waals surface area contributed by atoms with Crippen molar-refractivity contribution in [1.29, 1.82) is 0 Å². The standard InChI is InChI=1S/C38H58N2O6SSi/c1-25(2)48(26(3)4,27(5)6)46-23-30-17-18-31-32(15-12-16-33(31)39(30)36(42)45-22-28-13-10-9-11-14-28)35(41)40-34-21-29-19-20-38(34,37(29,7)8)24-47(40,43)44/h9-11,13-14,16,25-27,29-32,34H,12,15,17-24H2,1-8H3/t29-,30-,31-,32+,34-,38-/m1/s1. The molecule has 48 heavy (non-hydrogen) atoms. The lowest BCUT2D eigenvalue weighted by molar-refractivity contribution is -0.136. The average molecular weight is 699 g/mol. The van der Waals surface area contributed by atoms with Gasteiger partial charge in [0.1, 0.15) is 6.61 Å². The van der Waals surface area contributed by atoms with Crippen LogP contribution in [0.2, 0.25) is 16.6 Å². The van der Waals surface area contributed by atoms with E-state index >= 15 is 0 Å². The summed E-state index contributed by atoms with van der Waals surface area (Å²) >= 11 is 0. The molecule has 4 fully saturated rings. The molecule has 3 aliphatic carbocycles. The number of rotatable bonds is 9. The molecule has 8 nitrogen and oxygen atoms in total. The molecule has 0 N–H and O–H groups in total. The molecule has 2 saturated heterocycles. The van der Waals surface area contributed by atoms with Crippen LogP contribution in [0.1, 0.15) is 106 Å². The summed E-state index contributed by atoms with van der Waals surface area (Å²) in [5.74, 6) is -0.469. The molecule has 0 radical (unpaired) electrons. The molecule has 2 saturated carbocycles. The monoisotopic (exact) mass is 698 g/mol. The van der Waals surface area contributed by atoms with Crippen molar-refractivity contribution in [3.05, 3.63) is 47.7 Å². The number of nitrogens with zero attached hydrogens (tertiary/aromatic N) is 2. The van der Waals surface area contributed by atoms with Crippen molar-refractivity contribution in [2.45, 2.75) is 136 Å². The van der Waals surface area contributed by atoms with Gasteiger partial charge in [-0.25, -0.2) is 17.5 Å². The first-order chi connectivity index (χ1) is 22.6. The number of amides is 2. The fourth-order valence-electron chi connectivity index (χ4n) is 11.3. The molecule has 2 heterocycles. The van der Waals surface area contributed by atoms with Gasteiger partial charge in [0.25, 0.3) is 0 Å². The van der Waals surface area contributed by atoms with Gasteiger partial charge in [0.15, 0.2) is 8.32 Å². The molecule has 2 amide bonds. The summed E-state index contributed by atoms with van der Waals surface area (Å²) in [6.07, 6.45) is 6.92. The summed E-state index contributed by atoms with van der Waals surface area (Å²) < 4.78 is 42.1. The van der Waals surface area contributed by atoms with E-state index in [4.69, 9.17) is 9.16 Å². The number of hydrogen-bond acceptors (Lipinski definition) is 6. The summed E-state index contributed by atoms with van der Waals surface area (Å²) in [6.45, 7) is 18.6. The number of likely N-dealkylation sites (tertiary alicyclic amines) is 1. The third-order valence-corrected chi connectivity index (χ3v) is 21.7. The van der Waals surface area contributed by atoms with Crippen LogP contribution in [0.4, 0.5) is 4.79 Å². The van der Waals surface area contributed by atoms with Crippen LogP contribution in [0.25, 0.3) is 0 Å². The van der Waals surface area contributed by atoms with Crippen molar-refractivity contribution < 1.29 is 27.2 Å². The van der Waals surface area contributed by atoms with E-state index < -0.39 is 30.4 Å². The lowest BCUT2D eigenvalue weighted by atomic mass is 9.68. The highest BCUT2D eigenvalue weighted by molar-refractivity contribution is 7.90. The molecule has 2 aliphatic heterocycles. The van der Waals surface area contributed by atoms with Gasteiger partial charge in [-0.2, -0.15) is 0 Å². The van der Waals surface area contributed by atoms with Crippen LogP contribution in [0, 0.1) is 28.6 Å². The van der Waals surface area contributed by atoms with Crippen molar-refractivity contribution in [3.63, 3.8) is 0 Å². The summed E-state index contributed by atoms with van der Waals surface area (Å²) in [5, 5.41) is 0. The Morgan fingerprint density at radius 3 is 2.25 bits per heavy atom. The summed E-state index contributed by atoms with van der Waals surface area (Å²) in [4.78, 5) is 30.5. The molecule has 10 heteroatoms. The largest absolute Gasteiger partial charge is 0.444 e. The second-order valence-electron chi connectivity index (χ2n) is 16.9. The average Bonchev–Trinajstić information content (AvgIpc) is 3.51. The van der Waals surface area contributed by atoms with Gasteiger partial charge < -0.3 is 9.16 Å². The van der Waals surface area contributed by atoms with E-state index in [0.717, 1.165) is 30.5 Å². The Morgan fingerprint density at radius 1 is 0.958 bits per heavy atom. The van der Waals surface area contributed by atoms with Crippen molar-refractivity contribution in [2.75, 3.05) is 12.4 Å². The molecule has 0 aromatic heterocycles. The van der Waals surface area contributed by atoms with E-state index in [1.54, 1.807) is 4.90 Å². The maximum atomic E-state index is 14.6. The van der Waals surface area contributed by atoms with Crippen LogP contribution < -0.4 is 0 Å².